The Kier molecular flexibility index (Phi) is 4.16. The van der Waals surface area contributed by atoms with E-state index in [0.29, 0.717) is 24.6 Å². The second-order valence-electron chi connectivity index (χ2n) is 4.86. The van der Waals surface area contributed by atoms with Crippen molar-refractivity contribution in [2.75, 3.05) is 25.1 Å². The van der Waals surface area contributed by atoms with Gasteiger partial charge >= 0.3 is 11.7 Å². The first-order valence-electron chi connectivity index (χ1n) is 6.47. The lowest BCUT2D eigenvalue weighted by Crippen LogP contribution is -2.40. The normalized spacial score (nSPS) is 18.7. The average molecular weight is 279 g/mol. The third-order valence-corrected chi connectivity index (χ3v) is 3.45. The molecule has 0 N–H and O–H groups in total. The van der Waals surface area contributed by atoms with Crippen molar-refractivity contribution in [2.24, 2.45) is 5.92 Å². The Balaban J connectivity index is 2.28. The van der Waals surface area contributed by atoms with E-state index in [1.165, 1.54) is 13.2 Å². The summed E-state index contributed by atoms with van der Waals surface area (Å²) in [4.78, 5) is 28.4. The molecular weight excluding hydrogens is 262 g/mol. The van der Waals surface area contributed by atoms with Gasteiger partial charge in [0.25, 0.3) is 0 Å². The van der Waals surface area contributed by atoms with Crippen LogP contribution in [0, 0.1) is 23.0 Å². The van der Waals surface area contributed by atoms with Gasteiger partial charge in [0.05, 0.1) is 18.0 Å². The molecule has 1 saturated heterocycles. The molecule has 0 spiro atoms. The number of pyridine rings is 1. The number of ether oxygens (including phenoxy) is 1. The van der Waals surface area contributed by atoms with Crippen LogP contribution in [-0.4, -0.2) is 36.1 Å². The maximum atomic E-state index is 11.6. The van der Waals surface area contributed by atoms with Crippen LogP contribution >= 0.6 is 0 Å². The van der Waals surface area contributed by atoms with Crippen molar-refractivity contribution in [3.8, 4) is 0 Å². The summed E-state index contributed by atoms with van der Waals surface area (Å²) < 4.78 is 4.76. The number of anilines is 1. The number of aryl methyl sites for hydroxylation is 1. The quantitative estimate of drug-likeness (QED) is 0.475. The number of hydrogen-bond acceptors (Lipinski definition) is 6. The fourth-order valence-electron chi connectivity index (χ4n) is 2.44. The van der Waals surface area contributed by atoms with Crippen LogP contribution in [-0.2, 0) is 9.53 Å². The molecule has 0 aliphatic carbocycles. The number of methoxy groups -OCH3 is 1. The minimum atomic E-state index is -0.441. The highest BCUT2D eigenvalue weighted by Crippen LogP contribution is 2.30. The van der Waals surface area contributed by atoms with Gasteiger partial charge in [-0.1, -0.05) is 0 Å². The number of carbonyl (C=O) groups excluding carboxylic acids is 1. The molecule has 108 valence electrons. The molecule has 1 aliphatic rings. The van der Waals surface area contributed by atoms with Gasteiger partial charge in [-0.2, -0.15) is 0 Å². The van der Waals surface area contributed by atoms with Crippen LogP contribution in [0.1, 0.15) is 18.5 Å². The monoisotopic (exact) mass is 279 g/mol. The first kappa shape index (κ1) is 14.2. The van der Waals surface area contributed by atoms with Crippen molar-refractivity contribution in [3.63, 3.8) is 0 Å². The number of rotatable bonds is 3. The summed E-state index contributed by atoms with van der Waals surface area (Å²) in [5.74, 6) is -0.190. The number of hydrogen-bond donors (Lipinski definition) is 0. The second-order valence-corrected chi connectivity index (χ2v) is 4.86. The lowest BCUT2D eigenvalue weighted by molar-refractivity contribution is -0.384. The fourth-order valence-corrected chi connectivity index (χ4v) is 2.44. The first-order valence-corrected chi connectivity index (χ1v) is 6.47. The minimum Gasteiger partial charge on any atom is -0.469 e. The number of carbonyl (C=O) groups is 1. The van der Waals surface area contributed by atoms with E-state index in [1.54, 1.807) is 17.9 Å². The van der Waals surface area contributed by atoms with Crippen LogP contribution in [0.25, 0.3) is 0 Å². The molecule has 1 aliphatic heterocycles. The van der Waals surface area contributed by atoms with E-state index in [0.717, 1.165) is 12.8 Å². The number of aromatic nitrogens is 1. The van der Waals surface area contributed by atoms with E-state index in [-0.39, 0.29) is 17.6 Å². The number of nitro groups is 1. The van der Waals surface area contributed by atoms with Crippen LogP contribution in [0.15, 0.2) is 12.1 Å². The fraction of sp³-hybridized carbons (Fsp3) is 0.538. The molecular formula is C13H17N3O4. The molecule has 1 atom stereocenters. The van der Waals surface area contributed by atoms with E-state index in [2.05, 4.69) is 4.98 Å². The summed E-state index contributed by atoms with van der Waals surface area (Å²) in [6, 6.07) is 3.07. The number of piperidine rings is 1. The molecule has 0 radical (unpaired) electrons. The lowest BCUT2D eigenvalue weighted by Gasteiger charge is -2.31. The van der Waals surface area contributed by atoms with Gasteiger partial charge in [0.1, 0.15) is 0 Å². The lowest BCUT2D eigenvalue weighted by atomic mass is 9.98. The molecule has 0 saturated carbocycles. The van der Waals surface area contributed by atoms with Crippen molar-refractivity contribution in [1.29, 1.82) is 0 Å². The van der Waals surface area contributed by atoms with Gasteiger partial charge in [-0.25, -0.2) is 4.98 Å². The Morgan fingerprint density at radius 1 is 1.55 bits per heavy atom. The predicted molar refractivity (Wildman–Crippen MR) is 72.6 cm³/mol. The molecule has 20 heavy (non-hydrogen) atoms. The Labute approximate surface area is 116 Å². The van der Waals surface area contributed by atoms with Crippen molar-refractivity contribution < 1.29 is 14.5 Å². The summed E-state index contributed by atoms with van der Waals surface area (Å²) in [6.45, 7) is 2.85. The zero-order chi connectivity index (χ0) is 14.7. The number of nitrogens with zero attached hydrogens (tertiary/aromatic N) is 3. The Bertz CT molecular complexity index is 532. The second kappa shape index (κ2) is 5.85. The van der Waals surface area contributed by atoms with Crippen LogP contribution in [0.5, 0.6) is 0 Å². The van der Waals surface area contributed by atoms with E-state index >= 15 is 0 Å². The van der Waals surface area contributed by atoms with Crippen LogP contribution in [0.3, 0.4) is 0 Å². The van der Waals surface area contributed by atoms with Gasteiger partial charge in [-0.15, -0.1) is 0 Å². The van der Waals surface area contributed by atoms with Gasteiger partial charge in [0.2, 0.25) is 5.82 Å². The predicted octanol–water partition coefficient (Wildman–Crippen LogP) is 1.69. The first-order chi connectivity index (χ1) is 9.52. The summed E-state index contributed by atoms with van der Waals surface area (Å²) in [5, 5.41) is 11.1. The Morgan fingerprint density at radius 2 is 2.30 bits per heavy atom. The van der Waals surface area contributed by atoms with E-state index in [4.69, 9.17) is 4.74 Å². The third kappa shape index (κ3) is 2.87. The summed E-state index contributed by atoms with van der Waals surface area (Å²) in [5.41, 5.74) is 0.687. The molecule has 1 aromatic rings. The van der Waals surface area contributed by atoms with Crippen molar-refractivity contribution in [2.45, 2.75) is 19.8 Å². The minimum absolute atomic E-state index is 0.0267. The molecule has 7 heteroatoms. The van der Waals surface area contributed by atoms with E-state index in [9.17, 15) is 14.9 Å². The number of esters is 1. The smallest absolute Gasteiger partial charge is 0.311 e. The summed E-state index contributed by atoms with van der Waals surface area (Å²) >= 11 is 0. The SMILES string of the molecule is COC(=O)C1CCCN(c2nc(C)ccc2[N+](=O)[O-])C1. The van der Waals surface area contributed by atoms with Gasteiger partial charge in [-0.3, -0.25) is 14.9 Å². The van der Waals surface area contributed by atoms with E-state index in [1.807, 2.05) is 0 Å². The van der Waals surface area contributed by atoms with Crippen LogP contribution < -0.4 is 4.90 Å². The largest absolute Gasteiger partial charge is 0.469 e. The van der Waals surface area contributed by atoms with Gasteiger partial charge < -0.3 is 9.64 Å². The summed E-state index contributed by atoms with van der Waals surface area (Å²) in [6.07, 6.45) is 1.52. The Hall–Kier alpha value is -2.18. The Morgan fingerprint density at radius 3 is 2.95 bits per heavy atom. The summed E-state index contributed by atoms with van der Waals surface area (Å²) in [7, 11) is 1.36. The maximum absolute atomic E-state index is 11.6. The van der Waals surface area contributed by atoms with Gasteiger partial charge in [0, 0.05) is 24.8 Å². The molecule has 1 fully saturated rings. The molecule has 2 heterocycles. The highest BCUT2D eigenvalue weighted by molar-refractivity contribution is 5.73. The van der Waals surface area contributed by atoms with Crippen molar-refractivity contribution >= 4 is 17.5 Å². The van der Waals surface area contributed by atoms with Crippen molar-refractivity contribution in [3.05, 3.63) is 27.9 Å². The topological polar surface area (TPSA) is 85.6 Å². The molecule has 2 rings (SSSR count). The average Bonchev–Trinajstić information content (AvgIpc) is 2.46. The molecule has 0 aromatic carbocycles. The molecule has 0 amide bonds. The van der Waals surface area contributed by atoms with E-state index < -0.39 is 4.92 Å². The highest BCUT2D eigenvalue weighted by Gasteiger charge is 2.30. The van der Waals surface area contributed by atoms with Crippen molar-refractivity contribution in [1.82, 2.24) is 4.98 Å². The standard InChI is InChI=1S/C13H17N3O4/c1-9-5-6-11(16(18)19)12(14-9)15-7-3-4-10(8-15)13(17)20-2/h5-6,10H,3-4,7-8H2,1-2H3. The van der Waals surface area contributed by atoms with Gasteiger partial charge in [-0.05, 0) is 25.8 Å². The highest BCUT2D eigenvalue weighted by atomic mass is 16.6. The molecule has 1 unspecified atom stereocenters. The molecule has 0 bridgehead atoms. The molecule has 7 nitrogen and oxygen atoms in total. The molecule has 1 aromatic heterocycles. The maximum Gasteiger partial charge on any atom is 0.311 e. The van der Waals surface area contributed by atoms with Gasteiger partial charge in [0.15, 0.2) is 0 Å². The van der Waals surface area contributed by atoms with Crippen LogP contribution in [0.2, 0.25) is 0 Å². The zero-order valence-electron chi connectivity index (χ0n) is 11.5. The third-order valence-electron chi connectivity index (χ3n) is 3.45. The zero-order valence-corrected chi connectivity index (χ0v) is 11.5. The van der Waals surface area contributed by atoms with Crippen LogP contribution in [0.4, 0.5) is 11.5 Å².